The van der Waals surface area contributed by atoms with E-state index < -0.39 is 0 Å². The zero-order chi connectivity index (χ0) is 19.7. The monoisotopic (exact) mass is 395 g/mol. The maximum atomic E-state index is 6.09. The van der Waals surface area contributed by atoms with E-state index in [0.29, 0.717) is 36.7 Å². The lowest BCUT2D eigenvalue weighted by atomic mass is 10.2. The summed E-state index contributed by atoms with van der Waals surface area (Å²) >= 11 is 1.71. The molecule has 1 fully saturated rings. The topological polar surface area (TPSA) is 72.8 Å². The van der Waals surface area contributed by atoms with Crippen molar-refractivity contribution in [3.05, 3.63) is 57.1 Å². The number of aryl methyl sites for hydroxylation is 3. The molecule has 1 saturated carbocycles. The fourth-order valence-electron chi connectivity index (χ4n) is 3.39. The summed E-state index contributed by atoms with van der Waals surface area (Å²) in [6, 6.07) is 6.09. The number of aromatic nitrogens is 4. The zero-order valence-electron chi connectivity index (χ0n) is 16.7. The van der Waals surface area contributed by atoms with Gasteiger partial charge in [-0.3, -0.25) is 4.98 Å². The number of thiazole rings is 1. The van der Waals surface area contributed by atoms with Crippen LogP contribution in [0, 0.1) is 33.6 Å². The van der Waals surface area contributed by atoms with Gasteiger partial charge in [-0.25, -0.2) is 9.97 Å². The molecule has 1 aliphatic carbocycles. The molecule has 0 aromatic carbocycles. The normalized spacial score (nSPS) is 18.1. The van der Waals surface area contributed by atoms with Crippen molar-refractivity contribution in [2.75, 3.05) is 11.9 Å². The van der Waals surface area contributed by atoms with E-state index in [9.17, 15) is 0 Å². The van der Waals surface area contributed by atoms with Crippen molar-refractivity contribution in [2.24, 2.45) is 5.92 Å². The summed E-state index contributed by atoms with van der Waals surface area (Å²) in [6.45, 7) is 9.34. The standard InChI is InChI=1S/C21H25N5OS/c1-12-20(23-10-19-13(2)24-15(4)28-19)25-14(3)26-21(12)27-11-16-9-17(16)18-7-5-6-8-22-18/h5-8,16-17H,9-11H2,1-4H3,(H,23,25,26)/t16-,17+/m1/s1. The Morgan fingerprint density at radius 2 is 2.00 bits per heavy atom. The van der Waals surface area contributed by atoms with E-state index in [4.69, 9.17) is 4.74 Å². The fourth-order valence-corrected chi connectivity index (χ4v) is 4.27. The van der Waals surface area contributed by atoms with Crippen LogP contribution in [0.25, 0.3) is 0 Å². The van der Waals surface area contributed by atoms with Gasteiger partial charge in [0.25, 0.3) is 0 Å². The Balaban J connectivity index is 1.40. The first kappa shape index (κ1) is 18.8. The number of hydrogen-bond donors (Lipinski definition) is 1. The summed E-state index contributed by atoms with van der Waals surface area (Å²) in [6.07, 6.45) is 2.98. The van der Waals surface area contributed by atoms with Crippen LogP contribution in [0.4, 0.5) is 5.82 Å². The van der Waals surface area contributed by atoms with Crippen LogP contribution in [0.3, 0.4) is 0 Å². The van der Waals surface area contributed by atoms with Crippen molar-refractivity contribution in [3.8, 4) is 5.88 Å². The molecule has 3 heterocycles. The molecule has 0 aliphatic heterocycles. The Morgan fingerprint density at radius 3 is 2.71 bits per heavy atom. The van der Waals surface area contributed by atoms with Gasteiger partial charge >= 0.3 is 0 Å². The SMILES string of the molecule is Cc1nc(NCc2sc(C)nc2C)c(C)c(OC[C@H]2C[C@@H]2c2ccccn2)n1. The number of rotatable bonds is 7. The first-order valence-electron chi connectivity index (χ1n) is 9.57. The van der Waals surface area contributed by atoms with Crippen molar-refractivity contribution < 1.29 is 4.74 Å². The number of ether oxygens (including phenoxy) is 1. The van der Waals surface area contributed by atoms with E-state index in [2.05, 4.69) is 31.3 Å². The molecule has 0 amide bonds. The van der Waals surface area contributed by atoms with Crippen LogP contribution in [0.5, 0.6) is 5.88 Å². The number of nitrogens with one attached hydrogen (secondary N) is 1. The smallest absolute Gasteiger partial charge is 0.221 e. The Kier molecular flexibility index (Phi) is 5.26. The van der Waals surface area contributed by atoms with E-state index in [-0.39, 0.29) is 0 Å². The maximum Gasteiger partial charge on any atom is 0.221 e. The lowest BCUT2D eigenvalue weighted by Crippen LogP contribution is -2.10. The largest absolute Gasteiger partial charge is 0.477 e. The second kappa shape index (κ2) is 7.83. The molecular weight excluding hydrogens is 370 g/mol. The van der Waals surface area contributed by atoms with E-state index in [1.165, 1.54) is 4.88 Å². The number of hydrogen-bond acceptors (Lipinski definition) is 7. The van der Waals surface area contributed by atoms with Gasteiger partial charge in [-0.2, -0.15) is 4.98 Å². The van der Waals surface area contributed by atoms with E-state index in [1.54, 1.807) is 11.3 Å². The molecule has 0 bridgehead atoms. The van der Waals surface area contributed by atoms with Crippen LogP contribution in [-0.2, 0) is 6.54 Å². The summed E-state index contributed by atoms with van der Waals surface area (Å²) in [4.78, 5) is 19.2. The molecule has 7 heteroatoms. The Hall–Kier alpha value is -2.54. The summed E-state index contributed by atoms with van der Waals surface area (Å²) in [5.74, 6) is 3.20. The van der Waals surface area contributed by atoms with Gasteiger partial charge in [-0.05, 0) is 46.2 Å². The van der Waals surface area contributed by atoms with Crippen LogP contribution >= 0.6 is 11.3 Å². The fraction of sp³-hybridized carbons (Fsp3) is 0.429. The molecule has 0 saturated heterocycles. The quantitative estimate of drug-likeness (QED) is 0.641. The summed E-state index contributed by atoms with van der Waals surface area (Å²) in [5, 5.41) is 4.52. The van der Waals surface area contributed by atoms with E-state index in [1.807, 2.05) is 46.0 Å². The molecule has 0 radical (unpaired) electrons. The zero-order valence-corrected chi connectivity index (χ0v) is 17.5. The molecule has 1 N–H and O–H groups in total. The lowest BCUT2D eigenvalue weighted by Gasteiger charge is -2.13. The van der Waals surface area contributed by atoms with Gasteiger partial charge in [-0.1, -0.05) is 6.07 Å². The second-order valence-electron chi connectivity index (χ2n) is 7.31. The molecule has 6 nitrogen and oxygen atoms in total. The first-order valence-corrected chi connectivity index (χ1v) is 10.4. The van der Waals surface area contributed by atoms with Gasteiger partial charge in [0.1, 0.15) is 11.6 Å². The third-order valence-electron chi connectivity index (χ3n) is 5.05. The van der Waals surface area contributed by atoms with Crippen LogP contribution in [0.2, 0.25) is 0 Å². The molecule has 146 valence electrons. The highest BCUT2D eigenvalue weighted by Crippen LogP contribution is 2.46. The van der Waals surface area contributed by atoms with Gasteiger partial charge in [0.2, 0.25) is 5.88 Å². The maximum absolute atomic E-state index is 6.09. The van der Waals surface area contributed by atoms with Crippen LogP contribution in [0.1, 0.15) is 45.0 Å². The van der Waals surface area contributed by atoms with Crippen molar-refractivity contribution in [2.45, 2.75) is 46.6 Å². The van der Waals surface area contributed by atoms with Crippen LogP contribution < -0.4 is 10.1 Å². The number of nitrogens with zero attached hydrogens (tertiary/aromatic N) is 4. The van der Waals surface area contributed by atoms with Gasteiger partial charge in [0.05, 0.1) is 29.4 Å². The molecule has 2 atom stereocenters. The molecule has 1 aliphatic rings. The van der Waals surface area contributed by atoms with Crippen LogP contribution in [-0.4, -0.2) is 26.5 Å². The first-order chi connectivity index (χ1) is 13.5. The summed E-state index contributed by atoms with van der Waals surface area (Å²) in [7, 11) is 0. The van der Waals surface area contributed by atoms with Crippen molar-refractivity contribution in [3.63, 3.8) is 0 Å². The Labute approximate surface area is 169 Å². The van der Waals surface area contributed by atoms with Gasteiger partial charge in [-0.15, -0.1) is 11.3 Å². The minimum Gasteiger partial charge on any atom is -0.477 e. The number of anilines is 1. The highest BCUT2D eigenvalue weighted by atomic mass is 32.1. The van der Waals surface area contributed by atoms with E-state index in [0.717, 1.165) is 34.2 Å². The second-order valence-corrected chi connectivity index (χ2v) is 8.60. The third kappa shape index (κ3) is 4.14. The van der Waals surface area contributed by atoms with Crippen molar-refractivity contribution in [1.82, 2.24) is 19.9 Å². The third-order valence-corrected chi connectivity index (χ3v) is 6.13. The van der Waals surface area contributed by atoms with E-state index >= 15 is 0 Å². The van der Waals surface area contributed by atoms with Gasteiger partial charge in [0.15, 0.2) is 0 Å². The highest BCUT2D eigenvalue weighted by Gasteiger charge is 2.40. The minimum absolute atomic E-state index is 0.500. The Morgan fingerprint density at radius 1 is 1.14 bits per heavy atom. The average molecular weight is 396 g/mol. The van der Waals surface area contributed by atoms with Gasteiger partial charge < -0.3 is 10.1 Å². The predicted octanol–water partition coefficient (Wildman–Crippen LogP) is 4.36. The van der Waals surface area contributed by atoms with Gasteiger partial charge in [0, 0.05) is 28.6 Å². The molecule has 3 aromatic rings. The Bertz CT molecular complexity index is 972. The molecule has 4 rings (SSSR count). The molecule has 3 aromatic heterocycles. The lowest BCUT2D eigenvalue weighted by molar-refractivity contribution is 0.282. The molecule has 0 spiro atoms. The molecular formula is C21H25N5OS. The predicted molar refractivity (Wildman–Crippen MR) is 111 cm³/mol. The molecule has 0 unspecified atom stereocenters. The summed E-state index contributed by atoms with van der Waals surface area (Å²) in [5.41, 5.74) is 3.17. The highest BCUT2D eigenvalue weighted by molar-refractivity contribution is 7.11. The average Bonchev–Trinajstić information content (AvgIpc) is 3.39. The van der Waals surface area contributed by atoms with Crippen molar-refractivity contribution >= 4 is 17.2 Å². The minimum atomic E-state index is 0.500. The molecule has 28 heavy (non-hydrogen) atoms. The number of pyridine rings is 1. The summed E-state index contributed by atoms with van der Waals surface area (Å²) < 4.78 is 6.09. The van der Waals surface area contributed by atoms with Crippen LogP contribution in [0.15, 0.2) is 24.4 Å². The van der Waals surface area contributed by atoms with Crippen molar-refractivity contribution in [1.29, 1.82) is 0 Å².